The molecule has 0 rings (SSSR count). The first-order valence-corrected chi connectivity index (χ1v) is 19.4. The number of quaternary nitrogens is 1. The van der Waals surface area contributed by atoms with E-state index < -0.39 is 18.1 Å². The lowest BCUT2D eigenvalue weighted by atomic mass is 10.1. The van der Waals surface area contributed by atoms with Crippen molar-refractivity contribution in [2.75, 3.05) is 41.0 Å². The molecule has 0 fully saturated rings. The van der Waals surface area contributed by atoms with Crippen molar-refractivity contribution < 1.29 is 38.2 Å². The van der Waals surface area contributed by atoms with Gasteiger partial charge in [-0.2, -0.15) is 0 Å². The number of carboxylic acid groups (broad SMARTS) is 1. The summed E-state index contributed by atoms with van der Waals surface area (Å²) in [6.07, 6.45) is 32.1. The molecule has 0 radical (unpaired) electrons. The number of allylic oxidation sites excluding steroid dienone is 4. The number of nitrogens with zero attached hydrogens (tertiary/aromatic N) is 1. The molecular weight excluding hydrogens is 606 g/mol. The van der Waals surface area contributed by atoms with Gasteiger partial charge in [0, 0.05) is 19.3 Å². The van der Waals surface area contributed by atoms with Gasteiger partial charge in [-0.1, -0.05) is 128 Å². The van der Waals surface area contributed by atoms with Gasteiger partial charge in [-0.05, 0) is 38.5 Å². The lowest BCUT2D eigenvalue weighted by molar-refractivity contribution is -0.887. The van der Waals surface area contributed by atoms with Crippen LogP contribution >= 0.6 is 0 Å². The molecule has 8 heteroatoms. The summed E-state index contributed by atoms with van der Waals surface area (Å²) >= 11 is 0. The smallest absolute Gasteiger partial charge is 0.362 e. The topological polar surface area (TPSA) is 99.1 Å². The fourth-order valence-corrected chi connectivity index (χ4v) is 5.60. The van der Waals surface area contributed by atoms with Crippen LogP contribution in [0.25, 0.3) is 0 Å². The van der Waals surface area contributed by atoms with Gasteiger partial charge in [0.15, 0.2) is 12.1 Å². The average Bonchev–Trinajstić information content (AvgIpc) is 3.03. The third-order valence-corrected chi connectivity index (χ3v) is 8.62. The van der Waals surface area contributed by atoms with Gasteiger partial charge in [0.2, 0.25) is 0 Å². The number of hydrogen-bond donors (Lipinski definition) is 1. The number of aliphatic carboxylic acids is 1. The summed E-state index contributed by atoms with van der Waals surface area (Å²) < 4.78 is 17.2. The van der Waals surface area contributed by atoms with Gasteiger partial charge in [-0.25, -0.2) is 4.79 Å². The van der Waals surface area contributed by atoms with Gasteiger partial charge in [0.1, 0.15) is 6.61 Å². The van der Waals surface area contributed by atoms with Crippen molar-refractivity contribution in [2.24, 2.45) is 0 Å². The number of unbranched alkanes of at least 4 members (excludes halogenated alkanes) is 16. The number of esters is 2. The fraction of sp³-hybridized carbons (Fsp3) is 0.825. The third kappa shape index (κ3) is 29.9. The number of rotatable bonds is 34. The summed E-state index contributed by atoms with van der Waals surface area (Å²) in [6.45, 7) is 4.60. The predicted molar refractivity (Wildman–Crippen MR) is 197 cm³/mol. The minimum Gasteiger partial charge on any atom is -0.477 e. The highest BCUT2D eigenvalue weighted by atomic mass is 16.6. The van der Waals surface area contributed by atoms with E-state index in [4.69, 9.17) is 14.2 Å². The van der Waals surface area contributed by atoms with Crippen LogP contribution in [0.4, 0.5) is 0 Å². The van der Waals surface area contributed by atoms with Crippen molar-refractivity contribution in [3.05, 3.63) is 24.3 Å². The van der Waals surface area contributed by atoms with Crippen LogP contribution in [-0.2, 0) is 28.6 Å². The number of carbonyl (C=O) groups excluding carboxylic acids is 2. The molecule has 8 nitrogen and oxygen atoms in total. The fourth-order valence-electron chi connectivity index (χ4n) is 5.60. The second kappa shape index (κ2) is 32.0. The van der Waals surface area contributed by atoms with E-state index in [1.54, 1.807) is 0 Å². The zero-order valence-electron chi connectivity index (χ0n) is 31.7. The highest BCUT2D eigenvalue weighted by Gasteiger charge is 2.31. The quantitative estimate of drug-likeness (QED) is 0.0313. The van der Waals surface area contributed by atoms with Gasteiger partial charge in [0.05, 0.1) is 34.4 Å². The van der Waals surface area contributed by atoms with Crippen LogP contribution in [0.1, 0.15) is 162 Å². The minimum atomic E-state index is -0.877. The summed E-state index contributed by atoms with van der Waals surface area (Å²) in [6, 6.07) is -0.611. The Hall–Kier alpha value is -2.19. The Bertz CT molecular complexity index is 849. The van der Waals surface area contributed by atoms with Crippen molar-refractivity contribution in [1.82, 2.24) is 0 Å². The van der Waals surface area contributed by atoms with Crippen molar-refractivity contribution in [2.45, 2.75) is 174 Å². The van der Waals surface area contributed by atoms with Gasteiger partial charge < -0.3 is 23.8 Å². The Morgan fingerprint density at radius 1 is 0.646 bits per heavy atom. The van der Waals surface area contributed by atoms with E-state index in [2.05, 4.69) is 38.2 Å². The Balaban J connectivity index is 4.41. The van der Waals surface area contributed by atoms with Gasteiger partial charge in [-0.3, -0.25) is 9.59 Å². The maximum absolute atomic E-state index is 12.6. The van der Waals surface area contributed by atoms with E-state index in [9.17, 15) is 19.5 Å². The zero-order valence-corrected chi connectivity index (χ0v) is 31.7. The van der Waals surface area contributed by atoms with E-state index >= 15 is 0 Å². The van der Waals surface area contributed by atoms with Crippen LogP contribution in [0.15, 0.2) is 24.3 Å². The van der Waals surface area contributed by atoms with E-state index in [1.807, 2.05) is 21.1 Å². The molecule has 0 aromatic carbocycles. The molecule has 0 aliphatic rings. The first kappa shape index (κ1) is 45.8. The van der Waals surface area contributed by atoms with E-state index in [-0.39, 0.29) is 36.2 Å². The highest BCUT2D eigenvalue weighted by Crippen LogP contribution is 2.14. The van der Waals surface area contributed by atoms with Crippen LogP contribution in [0, 0.1) is 0 Å². The van der Waals surface area contributed by atoms with E-state index in [0.29, 0.717) is 19.3 Å². The zero-order chi connectivity index (χ0) is 35.7. The minimum absolute atomic E-state index is 0.0509. The van der Waals surface area contributed by atoms with Gasteiger partial charge in [-0.15, -0.1) is 0 Å². The third-order valence-electron chi connectivity index (χ3n) is 8.62. The monoisotopic (exact) mass is 681 g/mol. The maximum Gasteiger partial charge on any atom is 0.362 e. The van der Waals surface area contributed by atoms with Gasteiger partial charge >= 0.3 is 17.9 Å². The second-order valence-electron chi connectivity index (χ2n) is 14.2. The highest BCUT2D eigenvalue weighted by molar-refractivity contribution is 5.72. The average molecular weight is 681 g/mol. The normalized spacial score (nSPS) is 13.3. The molecule has 1 N–H and O–H groups in total. The summed E-state index contributed by atoms with van der Waals surface area (Å²) in [4.78, 5) is 36.7. The van der Waals surface area contributed by atoms with Crippen LogP contribution in [-0.4, -0.2) is 80.6 Å². The molecule has 0 aromatic rings. The number of carbonyl (C=O) groups is 3. The van der Waals surface area contributed by atoms with Crippen LogP contribution < -0.4 is 0 Å². The molecule has 2 unspecified atom stereocenters. The molecule has 0 aliphatic carbocycles. The van der Waals surface area contributed by atoms with Crippen LogP contribution in [0.5, 0.6) is 0 Å². The molecule has 0 aromatic heterocycles. The first-order valence-electron chi connectivity index (χ1n) is 19.4. The molecule has 48 heavy (non-hydrogen) atoms. The van der Waals surface area contributed by atoms with Crippen molar-refractivity contribution in [3.63, 3.8) is 0 Å². The standard InChI is InChI=1S/C40H73NO7/c1-6-8-10-12-14-16-18-19-20-21-23-25-27-29-31-39(43)48-36(34-46-33-32-37(40(44)45)41(3,4)5)35-47-38(42)30-28-26-24-22-17-15-13-11-9-7-2/h8,10,14,16,36-37H,6-7,9,11-13,15,17-35H2,1-5H3/p+1/b10-8+,16-14+. The number of likely N-dealkylation sites (N-methyl/N-ethyl adjacent to an activating group) is 1. The van der Waals surface area contributed by atoms with Crippen molar-refractivity contribution >= 4 is 17.9 Å². The Labute approximate surface area is 294 Å². The molecule has 0 saturated carbocycles. The number of ether oxygens (including phenoxy) is 3. The Kier molecular flexibility index (Phi) is 30.6. The molecular formula is C40H74NO7+. The number of hydrogen-bond acceptors (Lipinski definition) is 6. The molecule has 0 saturated heterocycles. The second-order valence-corrected chi connectivity index (χ2v) is 14.2. The molecule has 0 amide bonds. The molecule has 0 aliphatic heterocycles. The molecule has 2 atom stereocenters. The maximum atomic E-state index is 12.6. The lowest BCUT2D eigenvalue weighted by Crippen LogP contribution is -2.50. The summed E-state index contributed by atoms with van der Waals surface area (Å²) in [7, 11) is 5.51. The molecule has 0 heterocycles. The molecule has 0 spiro atoms. The molecule has 0 bridgehead atoms. The van der Waals surface area contributed by atoms with E-state index in [1.165, 1.54) is 70.6 Å². The largest absolute Gasteiger partial charge is 0.477 e. The SMILES string of the molecule is CC/C=C/C/C=C/CCCCCCCCCC(=O)OC(COCCC(C(=O)O)[N+](C)(C)C)COC(=O)CCCCCCCCCCCC. The summed E-state index contributed by atoms with van der Waals surface area (Å²) in [5.41, 5.74) is 0. The lowest BCUT2D eigenvalue weighted by Gasteiger charge is -2.31. The first-order chi connectivity index (χ1) is 23.1. The number of carboxylic acids is 1. The summed E-state index contributed by atoms with van der Waals surface area (Å²) in [5.74, 6) is -1.48. The van der Waals surface area contributed by atoms with Crippen LogP contribution in [0.3, 0.4) is 0 Å². The van der Waals surface area contributed by atoms with E-state index in [0.717, 1.165) is 57.8 Å². The predicted octanol–water partition coefficient (Wildman–Crippen LogP) is 9.74. The van der Waals surface area contributed by atoms with Crippen LogP contribution in [0.2, 0.25) is 0 Å². The Morgan fingerprint density at radius 3 is 1.71 bits per heavy atom. The van der Waals surface area contributed by atoms with Gasteiger partial charge in [0.25, 0.3) is 0 Å². The summed E-state index contributed by atoms with van der Waals surface area (Å²) in [5, 5.41) is 9.57. The van der Waals surface area contributed by atoms with Crippen molar-refractivity contribution in [3.8, 4) is 0 Å². The van der Waals surface area contributed by atoms with Crippen molar-refractivity contribution in [1.29, 1.82) is 0 Å². The molecule has 280 valence electrons. The Morgan fingerprint density at radius 2 is 1.17 bits per heavy atom.